The largest absolute Gasteiger partial charge is 0.490 e. The Morgan fingerprint density at radius 1 is 1.12 bits per heavy atom. The van der Waals surface area contributed by atoms with E-state index in [9.17, 15) is 0 Å². The molecule has 0 amide bonds. The van der Waals surface area contributed by atoms with E-state index in [4.69, 9.17) is 9.47 Å². The summed E-state index contributed by atoms with van der Waals surface area (Å²) < 4.78 is 11.8. The number of aromatic nitrogens is 4. The lowest BCUT2D eigenvalue weighted by Gasteiger charge is -2.33. The SMILES string of the molecule is CCOc1ccccc1OC1CCN(c2ncnc3nc[nH]c23)CC1. The van der Waals surface area contributed by atoms with Crippen LogP contribution in [-0.2, 0) is 0 Å². The molecule has 1 fully saturated rings. The molecule has 1 N–H and O–H groups in total. The van der Waals surface area contributed by atoms with Gasteiger partial charge in [0.1, 0.15) is 17.9 Å². The highest BCUT2D eigenvalue weighted by Gasteiger charge is 2.24. The lowest BCUT2D eigenvalue weighted by molar-refractivity contribution is 0.162. The molecule has 0 aliphatic carbocycles. The molecular formula is C18H21N5O2. The van der Waals surface area contributed by atoms with Crippen molar-refractivity contribution in [2.24, 2.45) is 0 Å². The number of benzene rings is 1. The summed E-state index contributed by atoms with van der Waals surface area (Å²) in [5.74, 6) is 2.54. The highest BCUT2D eigenvalue weighted by Crippen LogP contribution is 2.30. The van der Waals surface area contributed by atoms with Crippen LogP contribution in [0.3, 0.4) is 0 Å². The van der Waals surface area contributed by atoms with Gasteiger partial charge in [-0.1, -0.05) is 12.1 Å². The molecule has 1 saturated heterocycles. The third-order valence-electron chi connectivity index (χ3n) is 4.39. The lowest BCUT2D eigenvalue weighted by atomic mass is 10.1. The number of hydrogen-bond donors (Lipinski definition) is 1. The molecule has 0 radical (unpaired) electrons. The molecule has 3 aromatic rings. The van der Waals surface area contributed by atoms with Gasteiger partial charge in [-0.3, -0.25) is 0 Å². The Kier molecular flexibility index (Phi) is 4.37. The highest BCUT2D eigenvalue weighted by atomic mass is 16.5. The minimum atomic E-state index is 0.178. The third kappa shape index (κ3) is 3.22. The second kappa shape index (κ2) is 6.96. The summed E-state index contributed by atoms with van der Waals surface area (Å²) in [6, 6.07) is 7.85. The first kappa shape index (κ1) is 15.7. The molecule has 130 valence electrons. The number of fused-ring (bicyclic) bond motifs is 1. The maximum Gasteiger partial charge on any atom is 0.182 e. The fourth-order valence-corrected chi connectivity index (χ4v) is 3.18. The molecule has 0 spiro atoms. The van der Waals surface area contributed by atoms with Crippen molar-refractivity contribution in [3.63, 3.8) is 0 Å². The van der Waals surface area contributed by atoms with E-state index in [0.29, 0.717) is 12.3 Å². The van der Waals surface area contributed by atoms with Crippen LogP contribution < -0.4 is 14.4 Å². The van der Waals surface area contributed by atoms with E-state index in [1.54, 1.807) is 12.7 Å². The van der Waals surface area contributed by atoms with Crippen LogP contribution in [0.5, 0.6) is 11.5 Å². The van der Waals surface area contributed by atoms with Crippen LogP contribution >= 0.6 is 0 Å². The molecule has 7 heteroatoms. The molecule has 0 atom stereocenters. The number of imidazole rings is 1. The number of para-hydroxylation sites is 2. The first-order valence-electron chi connectivity index (χ1n) is 8.62. The van der Waals surface area contributed by atoms with Gasteiger partial charge in [-0.25, -0.2) is 15.0 Å². The number of piperidine rings is 1. The average Bonchev–Trinajstić information content (AvgIpc) is 3.13. The molecule has 0 saturated carbocycles. The second-order valence-corrected chi connectivity index (χ2v) is 5.98. The van der Waals surface area contributed by atoms with E-state index >= 15 is 0 Å². The number of ether oxygens (including phenoxy) is 2. The van der Waals surface area contributed by atoms with Gasteiger partial charge in [-0.15, -0.1) is 0 Å². The zero-order chi connectivity index (χ0) is 17.1. The van der Waals surface area contributed by atoms with Crippen molar-refractivity contribution >= 4 is 17.0 Å². The van der Waals surface area contributed by atoms with Crippen LogP contribution in [0.4, 0.5) is 5.82 Å². The quantitative estimate of drug-likeness (QED) is 0.770. The van der Waals surface area contributed by atoms with Crippen LogP contribution in [0.1, 0.15) is 19.8 Å². The predicted octanol–water partition coefficient (Wildman–Crippen LogP) is 2.80. The Morgan fingerprint density at radius 3 is 2.72 bits per heavy atom. The lowest BCUT2D eigenvalue weighted by Crippen LogP contribution is -2.38. The van der Waals surface area contributed by atoms with Crippen molar-refractivity contribution in [3.05, 3.63) is 36.9 Å². The Balaban J connectivity index is 1.43. The topological polar surface area (TPSA) is 76.2 Å². The van der Waals surface area contributed by atoms with Crippen LogP contribution in [0.25, 0.3) is 11.2 Å². The summed E-state index contributed by atoms with van der Waals surface area (Å²) >= 11 is 0. The van der Waals surface area contributed by atoms with Gasteiger partial charge < -0.3 is 19.4 Å². The molecule has 1 aromatic carbocycles. The van der Waals surface area contributed by atoms with Crippen LogP contribution in [0.15, 0.2) is 36.9 Å². The Bertz CT molecular complexity index is 842. The van der Waals surface area contributed by atoms with Gasteiger partial charge in [0.15, 0.2) is 23.0 Å². The monoisotopic (exact) mass is 339 g/mol. The van der Waals surface area contributed by atoms with Gasteiger partial charge in [0.05, 0.1) is 12.9 Å². The molecule has 2 aromatic heterocycles. The first-order valence-corrected chi connectivity index (χ1v) is 8.62. The van der Waals surface area contributed by atoms with Crippen molar-refractivity contribution in [1.29, 1.82) is 0 Å². The number of H-pyrrole nitrogens is 1. The Morgan fingerprint density at radius 2 is 1.92 bits per heavy atom. The number of anilines is 1. The van der Waals surface area contributed by atoms with Gasteiger partial charge in [0.25, 0.3) is 0 Å². The Hall–Kier alpha value is -2.83. The van der Waals surface area contributed by atoms with Crippen molar-refractivity contribution < 1.29 is 9.47 Å². The summed E-state index contributed by atoms with van der Waals surface area (Å²) in [6.07, 6.45) is 5.26. The molecule has 1 aliphatic rings. The van der Waals surface area contributed by atoms with E-state index in [0.717, 1.165) is 48.8 Å². The Labute approximate surface area is 146 Å². The maximum atomic E-state index is 6.19. The second-order valence-electron chi connectivity index (χ2n) is 5.98. The average molecular weight is 339 g/mol. The summed E-state index contributed by atoms with van der Waals surface area (Å²) in [7, 11) is 0. The van der Waals surface area contributed by atoms with E-state index in [-0.39, 0.29) is 6.10 Å². The smallest absolute Gasteiger partial charge is 0.182 e. The molecule has 4 rings (SSSR count). The third-order valence-corrected chi connectivity index (χ3v) is 4.39. The van der Waals surface area contributed by atoms with Gasteiger partial charge in [-0.05, 0) is 19.1 Å². The molecule has 0 bridgehead atoms. The molecular weight excluding hydrogens is 318 g/mol. The summed E-state index contributed by atoms with van der Waals surface area (Å²) in [5, 5.41) is 0. The fourth-order valence-electron chi connectivity index (χ4n) is 3.18. The normalized spacial score (nSPS) is 15.5. The fraction of sp³-hybridized carbons (Fsp3) is 0.389. The van der Waals surface area contributed by atoms with Crippen LogP contribution in [0.2, 0.25) is 0 Å². The van der Waals surface area contributed by atoms with E-state index in [2.05, 4.69) is 24.8 Å². The van der Waals surface area contributed by atoms with Crippen molar-refractivity contribution in [2.75, 3.05) is 24.6 Å². The maximum absolute atomic E-state index is 6.19. The standard InChI is InChI=1S/C18H21N5O2/c1-2-24-14-5-3-4-6-15(14)25-13-7-9-23(10-8-13)18-16-17(20-11-19-16)21-12-22-18/h3-6,11-13H,2,7-10H2,1H3,(H,19,20,21,22). The number of hydrogen-bond acceptors (Lipinski definition) is 6. The van der Waals surface area contributed by atoms with E-state index in [1.165, 1.54) is 0 Å². The van der Waals surface area contributed by atoms with E-state index in [1.807, 2.05) is 31.2 Å². The minimum Gasteiger partial charge on any atom is -0.490 e. The minimum absolute atomic E-state index is 0.178. The van der Waals surface area contributed by atoms with E-state index < -0.39 is 0 Å². The van der Waals surface area contributed by atoms with Crippen molar-refractivity contribution in [2.45, 2.75) is 25.9 Å². The van der Waals surface area contributed by atoms with Gasteiger partial charge in [-0.2, -0.15) is 0 Å². The number of aromatic amines is 1. The molecule has 0 unspecified atom stereocenters. The molecule has 25 heavy (non-hydrogen) atoms. The van der Waals surface area contributed by atoms with Gasteiger partial charge in [0.2, 0.25) is 0 Å². The van der Waals surface area contributed by atoms with Crippen LogP contribution in [-0.4, -0.2) is 45.7 Å². The molecule has 3 heterocycles. The number of rotatable bonds is 5. The first-order chi connectivity index (χ1) is 12.3. The van der Waals surface area contributed by atoms with Crippen molar-refractivity contribution in [3.8, 4) is 11.5 Å². The number of nitrogens with one attached hydrogen (secondary N) is 1. The van der Waals surface area contributed by atoms with Gasteiger partial charge in [0, 0.05) is 25.9 Å². The van der Waals surface area contributed by atoms with Crippen molar-refractivity contribution in [1.82, 2.24) is 19.9 Å². The summed E-state index contributed by atoms with van der Waals surface area (Å²) in [5.41, 5.74) is 1.59. The van der Waals surface area contributed by atoms with Gasteiger partial charge >= 0.3 is 0 Å². The summed E-state index contributed by atoms with van der Waals surface area (Å²) in [6.45, 7) is 4.37. The number of nitrogens with zero attached hydrogens (tertiary/aromatic N) is 4. The highest BCUT2D eigenvalue weighted by molar-refractivity contribution is 5.82. The zero-order valence-corrected chi connectivity index (χ0v) is 14.2. The molecule has 7 nitrogen and oxygen atoms in total. The predicted molar refractivity (Wildman–Crippen MR) is 95.2 cm³/mol. The zero-order valence-electron chi connectivity index (χ0n) is 14.2. The van der Waals surface area contributed by atoms with Crippen LogP contribution in [0, 0.1) is 0 Å². The molecule has 1 aliphatic heterocycles. The summed E-state index contributed by atoms with van der Waals surface area (Å²) in [4.78, 5) is 18.2.